The van der Waals surface area contributed by atoms with Gasteiger partial charge in [-0.3, -0.25) is 14.5 Å². The van der Waals surface area contributed by atoms with Gasteiger partial charge in [0.1, 0.15) is 0 Å². The Morgan fingerprint density at radius 2 is 0.672 bits per heavy atom. The van der Waals surface area contributed by atoms with E-state index in [1.165, 1.54) is 0 Å². The van der Waals surface area contributed by atoms with Crippen LogP contribution in [0.3, 0.4) is 0 Å². The first-order chi connectivity index (χ1) is 30.3. The Kier molecular flexibility index (Phi) is 28.6. The molecule has 1 aromatic heterocycles. The average molecular weight is 906 g/mol. The number of nitrogens with one attached hydrogen (secondary N) is 3. The van der Waals surface area contributed by atoms with Gasteiger partial charge in [-0.25, -0.2) is 42.5 Å². The van der Waals surface area contributed by atoms with Crippen LogP contribution in [-0.2, 0) is 34.1 Å². The Balaban J connectivity index is 2.84. The van der Waals surface area contributed by atoms with Crippen molar-refractivity contribution >= 4 is 35.4 Å². The SMILES string of the molecule is CCC(C)/C(=N\OC(=O)NCCCCCCn1c(=O)n(CCCCCCNC(=O)ON=C(C(C)C)C(C)C)c(=O)n(CCCCCCNC(=O)ON=C(C(C)C)C(C)C)c1=O)C(C)C. The van der Waals surface area contributed by atoms with Crippen molar-refractivity contribution in [1.29, 1.82) is 0 Å². The molecule has 1 atom stereocenters. The van der Waals surface area contributed by atoms with Crippen molar-refractivity contribution in [3.8, 4) is 0 Å². The molecule has 18 nitrogen and oxygen atoms in total. The molecule has 1 aromatic rings. The molecule has 0 saturated heterocycles. The van der Waals surface area contributed by atoms with Crippen LogP contribution >= 0.6 is 0 Å². The van der Waals surface area contributed by atoms with Crippen LogP contribution in [-0.4, -0.2) is 68.8 Å². The average Bonchev–Trinajstić information content (AvgIpc) is 3.22. The summed E-state index contributed by atoms with van der Waals surface area (Å²) >= 11 is 0. The van der Waals surface area contributed by atoms with Crippen LogP contribution in [0.5, 0.6) is 0 Å². The summed E-state index contributed by atoms with van der Waals surface area (Å²) in [7, 11) is 0. The minimum absolute atomic E-state index is 0.152. The highest BCUT2D eigenvalue weighted by Gasteiger charge is 2.18. The number of hydrogen-bond donors (Lipinski definition) is 3. The summed E-state index contributed by atoms with van der Waals surface area (Å²) in [6.07, 6.45) is 6.96. The number of amides is 3. The van der Waals surface area contributed by atoms with Gasteiger partial charge in [-0.15, -0.1) is 0 Å². The zero-order chi connectivity index (χ0) is 48.2. The van der Waals surface area contributed by atoms with Gasteiger partial charge in [0.2, 0.25) is 0 Å². The first-order valence-corrected chi connectivity index (χ1v) is 23.9. The first-order valence-electron chi connectivity index (χ1n) is 23.9. The van der Waals surface area contributed by atoms with E-state index in [9.17, 15) is 28.8 Å². The Hall–Kier alpha value is -4.77. The van der Waals surface area contributed by atoms with Crippen molar-refractivity contribution in [3.63, 3.8) is 0 Å². The third-order valence-corrected chi connectivity index (χ3v) is 10.9. The zero-order valence-corrected chi connectivity index (χ0v) is 41.3. The molecular formula is C46H83N9O9. The van der Waals surface area contributed by atoms with Crippen molar-refractivity contribution in [2.24, 2.45) is 51.0 Å². The fourth-order valence-corrected chi connectivity index (χ4v) is 7.18. The second-order valence-electron chi connectivity index (χ2n) is 18.1. The molecule has 3 N–H and O–H groups in total. The standard InChI is InChI=1S/C46H83N9O9/c1-13-37(12)40(36(10)11)52-64-43(58)49-28-22-16-19-25-31-55-45(60)53(29-23-17-14-20-26-47-41(56)62-50-38(32(2)3)33(4)5)44(59)54(46(55)61)30-24-18-15-21-27-48-42(57)63-51-39(34(6)7)35(8)9/h32-37H,13-31H2,1-12H3,(H,47,56)(H,48,57)(H,49,58)/b52-40-. The van der Waals surface area contributed by atoms with Gasteiger partial charge in [-0.2, -0.15) is 0 Å². The fraction of sp³-hybridized carbons (Fsp3) is 0.804. The van der Waals surface area contributed by atoms with Crippen molar-refractivity contribution in [2.75, 3.05) is 19.6 Å². The summed E-state index contributed by atoms with van der Waals surface area (Å²) in [4.78, 5) is 92.5. The molecule has 1 rings (SSSR count). The van der Waals surface area contributed by atoms with E-state index in [2.05, 4.69) is 45.3 Å². The van der Waals surface area contributed by atoms with Crippen molar-refractivity contribution < 1.29 is 28.9 Å². The summed E-state index contributed by atoms with van der Waals surface area (Å²) < 4.78 is 3.46. The molecule has 0 saturated carbocycles. The number of nitrogens with zero attached hydrogens (tertiary/aromatic N) is 6. The minimum Gasteiger partial charge on any atom is -0.320 e. The van der Waals surface area contributed by atoms with E-state index < -0.39 is 35.3 Å². The molecule has 1 unspecified atom stereocenters. The van der Waals surface area contributed by atoms with Crippen LogP contribution in [0.25, 0.3) is 0 Å². The van der Waals surface area contributed by atoms with Gasteiger partial charge in [0.15, 0.2) is 0 Å². The Morgan fingerprint density at radius 1 is 0.422 bits per heavy atom. The summed E-state index contributed by atoms with van der Waals surface area (Å²) in [5.74, 6) is 1.02. The predicted molar refractivity (Wildman–Crippen MR) is 254 cm³/mol. The quantitative estimate of drug-likeness (QED) is 0.0281. The van der Waals surface area contributed by atoms with Gasteiger partial charge >= 0.3 is 35.3 Å². The van der Waals surface area contributed by atoms with Gasteiger partial charge in [-0.1, -0.05) is 137 Å². The van der Waals surface area contributed by atoms with Gasteiger partial charge in [0.25, 0.3) is 0 Å². The van der Waals surface area contributed by atoms with Crippen molar-refractivity contribution in [2.45, 2.75) is 186 Å². The Morgan fingerprint density at radius 3 is 0.922 bits per heavy atom. The van der Waals surface area contributed by atoms with Crippen LogP contribution < -0.4 is 33.0 Å². The van der Waals surface area contributed by atoms with Crippen molar-refractivity contribution in [3.05, 3.63) is 31.5 Å². The molecule has 0 bridgehead atoms. The molecular weight excluding hydrogens is 823 g/mol. The van der Waals surface area contributed by atoms with Gasteiger partial charge < -0.3 is 16.0 Å². The fourth-order valence-electron chi connectivity index (χ4n) is 7.18. The molecule has 0 spiro atoms. The summed E-state index contributed by atoms with van der Waals surface area (Å²) in [5, 5.41) is 20.2. The van der Waals surface area contributed by atoms with E-state index in [0.717, 1.165) is 56.5 Å². The zero-order valence-electron chi connectivity index (χ0n) is 41.3. The van der Waals surface area contributed by atoms with Crippen LogP contribution in [0.2, 0.25) is 0 Å². The van der Waals surface area contributed by atoms with E-state index in [4.69, 9.17) is 14.5 Å². The van der Waals surface area contributed by atoms with Gasteiger partial charge in [-0.05, 0) is 80.5 Å². The highest BCUT2D eigenvalue weighted by molar-refractivity contribution is 5.89. The third-order valence-electron chi connectivity index (χ3n) is 10.9. The van der Waals surface area contributed by atoms with E-state index in [-0.39, 0.29) is 55.1 Å². The predicted octanol–water partition coefficient (Wildman–Crippen LogP) is 8.43. The number of oxime groups is 3. The van der Waals surface area contributed by atoms with Crippen LogP contribution in [0, 0.1) is 35.5 Å². The molecule has 1 heterocycles. The number of carbonyl (C=O) groups is 3. The maximum Gasteiger partial charge on any atom is 0.433 e. The lowest BCUT2D eigenvalue weighted by Crippen LogP contribution is -2.54. The second kappa shape index (κ2) is 32.0. The number of hydrogen-bond acceptors (Lipinski definition) is 12. The van der Waals surface area contributed by atoms with Gasteiger partial charge in [0.05, 0.1) is 17.1 Å². The lowest BCUT2D eigenvalue weighted by atomic mass is 9.94. The topological polar surface area (TPSA) is 218 Å². The molecule has 18 heteroatoms. The van der Waals surface area contributed by atoms with Gasteiger partial charge in [0, 0.05) is 39.3 Å². The number of unbranched alkanes of at least 4 members (excludes halogenated alkanes) is 9. The minimum atomic E-state index is -0.627. The number of aromatic nitrogens is 3. The van der Waals surface area contributed by atoms with Crippen molar-refractivity contribution in [1.82, 2.24) is 29.7 Å². The van der Waals surface area contributed by atoms with Crippen LogP contribution in [0.4, 0.5) is 14.4 Å². The van der Waals surface area contributed by atoms with Crippen LogP contribution in [0.15, 0.2) is 29.9 Å². The third kappa shape index (κ3) is 22.2. The number of carbonyl (C=O) groups excluding carboxylic acids is 3. The highest BCUT2D eigenvalue weighted by Crippen LogP contribution is 2.13. The molecule has 0 aliphatic heterocycles. The largest absolute Gasteiger partial charge is 0.433 e. The maximum absolute atomic E-state index is 13.6. The lowest BCUT2D eigenvalue weighted by molar-refractivity contribution is 0.148. The van der Waals surface area contributed by atoms with E-state index >= 15 is 0 Å². The molecule has 64 heavy (non-hydrogen) atoms. The smallest absolute Gasteiger partial charge is 0.320 e. The summed E-state index contributed by atoms with van der Waals surface area (Å²) in [6.45, 7) is 25.7. The Labute approximate surface area is 381 Å². The highest BCUT2D eigenvalue weighted by atomic mass is 16.7. The van der Waals surface area contributed by atoms with Crippen LogP contribution in [0.1, 0.15) is 167 Å². The monoisotopic (exact) mass is 906 g/mol. The summed E-state index contributed by atoms with van der Waals surface area (Å²) in [6, 6.07) is 0. The molecule has 0 radical (unpaired) electrons. The molecule has 366 valence electrons. The summed E-state index contributed by atoms with van der Waals surface area (Å²) in [5.41, 5.74) is 0.571. The van der Waals surface area contributed by atoms with E-state index in [1.807, 2.05) is 69.2 Å². The molecule has 0 aliphatic carbocycles. The molecule has 0 aliphatic rings. The number of rotatable bonds is 31. The maximum atomic E-state index is 13.6. The Bertz CT molecular complexity index is 1710. The van der Waals surface area contributed by atoms with E-state index in [0.29, 0.717) is 77.4 Å². The molecule has 3 amide bonds. The second-order valence-corrected chi connectivity index (χ2v) is 18.1. The molecule has 0 fully saturated rings. The normalized spacial score (nSPS) is 12.2. The van der Waals surface area contributed by atoms with E-state index in [1.54, 1.807) is 0 Å². The lowest BCUT2D eigenvalue weighted by Gasteiger charge is -2.15. The first kappa shape index (κ1) is 57.2. The molecule has 0 aromatic carbocycles.